The van der Waals surface area contributed by atoms with Gasteiger partial charge in [0.15, 0.2) is 0 Å². The molecule has 0 spiro atoms. The van der Waals surface area contributed by atoms with Gasteiger partial charge in [0.2, 0.25) is 15.9 Å². The van der Waals surface area contributed by atoms with Gasteiger partial charge in [-0.15, -0.1) is 0 Å². The maximum atomic E-state index is 12.7. The summed E-state index contributed by atoms with van der Waals surface area (Å²) in [5.41, 5.74) is 1.77. The zero-order valence-corrected chi connectivity index (χ0v) is 17.1. The molecule has 146 valence electrons. The van der Waals surface area contributed by atoms with Crippen molar-refractivity contribution in [3.05, 3.63) is 53.1 Å². The highest BCUT2D eigenvalue weighted by Gasteiger charge is 2.24. The first-order valence-electron chi connectivity index (χ1n) is 8.55. The Balaban J connectivity index is 2.07. The van der Waals surface area contributed by atoms with E-state index >= 15 is 0 Å². The number of hydrogen-bond acceptors (Lipinski definition) is 4. The maximum Gasteiger partial charge on any atom is 0.243 e. The van der Waals surface area contributed by atoms with Gasteiger partial charge >= 0.3 is 0 Å². The number of nitrogens with zero attached hydrogens (tertiary/aromatic N) is 1. The quantitative estimate of drug-likeness (QED) is 0.721. The molecule has 27 heavy (non-hydrogen) atoms. The number of carbonyl (C=O) groups excluding carboxylic acids is 1. The van der Waals surface area contributed by atoms with Crippen LogP contribution in [0.2, 0.25) is 5.02 Å². The fourth-order valence-corrected chi connectivity index (χ4v) is 3.86. The summed E-state index contributed by atoms with van der Waals surface area (Å²) in [5, 5.41) is 2.89. The molecule has 0 saturated carbocycles. The predicted octanol–water partition coefficient (Wildman–Crippen LogP) is 3.56. The number of anilines is 1. The number of ether oxygens (including phenoxy) is 1. The number of rotatable bonds is 8. The molecule has 1 amide bonds. The van der Waals surface area contributed by atoms with Crippen LogP contribution in [0.1, 0.15) is 19.4 Å². The minimum absolute atomic E-state index is 0.00134. The van der Waals surface area contributed by atoms with Crippen LogP contribution >= 0.6 is 11.6 Å². The Kier molecular flexibility index (Phi) is 7.24. The van der Waals surface area contributed by atoms with Crippen molar-refractivity contribution < 1.29 is 17.9 Å². The first kappa shape index (κ1) is 21.2. The number of sulfonamides is 1. The third-order valence-corrected chi connectivity index (χ3v) is 6.02. The van der Waals surface area contributed by atoms with E-state index in [4.69, 9.17) is 16.3 Å². The van der Waals surface area contributed by atoms with Crippen LogP contribution in [-0.4, -0.2) is 38.8 Å². The summed E-state index contributed by atoms with van der Waals surface area (Å²) in [6.07, 6.45) is 0.903. The normalized spacial score (nSPS) is 11.4. The molecular formula is C19H23ClN2O4S. The molecule has 0 saturated heterocycles. The van der Waals surface area contributed by atoms with E-state index in [0.717, 1.165) is 16.3 Å². The molecule has 0 aromatic heterocycles. The number of nitrogens with one attached hydrogen (secondary N) is 1. The number of halogens is 1. The van der Waals surface area contributed by atoms with E-state index in [9.17, 15) is 13.2 Å². The highest BCUT2D eigenvalue weighted by Crippen LogP contribution is 2.28. The van der Waals surface area contributed by atoms with Crippen molar-refractivity contribution in [2.24, 2.45) is 0 Å². The third kappa shape index (κ3) is 5.45. The molecule has 8 heteroatoms. The van der Waals surface area contributed by atoms with E-state index in [1.54, 1.807) is 12.1 Å². The fourth-order valence-electron chi connectivity index (χ4n) is 2.41. The molecule has 2 rings (SSSR count). The number of aryl methyl sites for hydroxylation is 1. The van der Waals surface area contributed by atoms with Gasteiger partial charge in [-0.1, -0.05) is 30.7 Å². The number of benzene rings is 2. The molecule has 0 aliphatic carbocycles. The zero-order chi connectivity index (χ0) is 20.0. The average molecular weight is 411 g/mol. The molecule has 1 N–H and O–H groups in total. The highest BCUT2D eigenvalue weighted by atomic mass is 35.5. The number of amides is 1. The summed E-state index contributed by atoms with van der Waals surface area (Å²) in [6.45, 7) is 3.96. The van der Waals surface area contributed by atoms with E-state index in [1.807, 2.05) is 26.0 Å². The summed E-state index contributed by atoms with van der Waals surface area (Å²) >= 11 is 6.07. The van der Waals surface area contributed by atoms with Crippen LogP contribution in [0, 0.1) is 0 Å². The SMILES string of the molecule is CCOc1ccc(S(=O)(=O)N(C)CC(=O)Nc2ccc(CC)cc2)cc1Cl. The van der Waals surface area contributed by atoms with Crippen molar-refractivity contribution in [3.63, 3.8) is 0 Å². The largest absolute Gasteiger partial charge is 0.492 e. The molecule has 0 radical (unpaired) electrons. The second-order valence-electron chi connectivity index (χ2n) is 5.88. The van der Waals surface area contributed by atoms with E-state index in [-0.39, 0.29) is 16.5 Å². The van der Waals surface area contributed by atoms with Crippen LogP contribution in [0.5, 0.6) is 5.75 Å². The van der Waals surface area contributed by atoms with Crippen LogP contribution in [0.4, 0.5) is 5.69 Å². The Labute approximate surface area is 165 Å². The second-order valence-corrected chi connectivity index (χ2v) is 8.34. The van der Waals surface area contributed by atoms with Crippen molar-refractivity contribution in [3.8, 4) is 5.75 Å². The zero-order valence-electron chi connectivity index (χ0n) is 15.5. The smallest absolute Gasteiger partial charge is 0.243 e. The van der Waals surface area contributed by atoms with Crippen LogP contribution in [0.15, 0.2) is 47.4 Å². The molecule has 6 nitrogen and oxygen atoms in total. The minimum Gasteiger partial charge on any atom is -0.492 e. The van der Waals surface area contributed by atoms with Crippen molar-refractivity contribution >= 4 is 33.2 Å². The summed E-state index contributed by atoms with van der Waals surface area (Å²) in [6, 6.07) is 11.6. The molecule has 0 atom stereocenters. The molecular weight excluding hydrogens is 388 g/mol. The van der Waals surface area contributed by atoms with Gasteiger partial charge in [0.1, 0.15) is 5.75 Å². The number of carbonyl (C=O) groups is 1. The molecule has 0 aliphatic rings. The first-order valence-corrected chi connectivity index (χ1v) is 10.4. The monoisotopic (exact) mass is 410 g/mol. The average Bonchev–Trinajstić information content (AvgIpc) is 2.64. The molecule has 0 heterocycles. The van der Waals surface area contributed by atoms with Gasteiger partial charge in [-0.3, -0.25) is 4.79 Å². The van der Waals surface area contributed by atoms with Gasteiger partial charge in [-0.05, 0) is 49.2 Å². The minimum atomic E-state index is -3.86. The Morgan fingerprint density at radius 1 is 1.15 bits per heavy atom. The standard InChI is InChI=1S/C19H23ClN2O4S/c1-4-14-6-8-15(9-7-14)21-19(23)13-22(3)27(24,25)16-10-11-18(26-5-2)17(20)12-16/h6-12H,4-5,13H2,1-3H3,(H,21,23). The van der Waals surface area contributed by atoms with Crippen LogP contribution < -0.4 is 10.1 Å². The van der Waals surface area contributed by atoms with Gasteiger partial charge in [-0.25, -0.2) is 8.42 Å². The lowest BCUT2D eigenvalue weighted by molar-refractivity contribution is -0.116. The fraction of sp³-hybridized carbons (Fsp3) is 0.316. The van der Waals surface area contributed by atoms with Crippen molar-refractivity contribution in [2.45, 2.75) is 25.2 Å². The van der Waals surface area contributed by atoms with Crippen LogP contribution in [-0.2, 0) is 21.2 Å². The first-order chi connectivity index (χ1) is 12.8. The summed E-state index contributed by atoms with van der Waals surface area (Å²) in [7, 11) is -2.51. The van der Waals surface area contributed by atoms with Crippen molar-refractivity contribution in [2.75, 3.05) is 25.5 Å². The topological polar surface area (TPSA) is 75.7 Å². The third-order valence-electron chi connectivity index (χ3n) is 3.92. The molecule has 2 aromatic rings. The molecule has 0 unspecified atom stereocenters. The maximum absolute atomic E-state index is 12.7. The van der Waals surface area contributed by atoms with Gasteiger partial charge < -0.3 is 10.1 Å². The lowest BCUT2D eigenvalue weighted by Gasteiger charge is -2.17. The molecule has 2 aromatic carbocycles. The van der Waals surface area contributed by atoms with Gasteiger partial charge in [-0.2, -0.15) is 4.31 Å². The Hall–Kier alpha value is -2.09. The van der Waals surface area contributed by atoms with E-state index in [2.05, 4.69) is 5.32 Å². The van der Waals surface area contributed by atoms with E-state index < -0.39 is 15.9 Å². The highest BCUT2D eigenvalue weighted by molar-refractivity contribution is 7.89. The van der Waals surface area contributed by atoms with E-state index in [0.29, 0.717) is 18.0 Å². The Morgan fingerprint density at radius 3 is 2.37 bits per heavy atom. The summed E-state index contributed by atoms with van der Waals surface area (Å²) < 4.78 is 31.6. The molecule has 0 bridgehead atoms. The predicted molar refractivity (Wildman–Crippen MR) is 107 cm³/mol. The lowest BCUT2D eigenvalue weighted by Crippen LogP contribution is -2.35. The molecule has 0 aliphatic heterocycles. The van der Waals surface area contributed by atoms with Crippen molar-refractivity contribution in [1.82, 2.24) is 4.31 Å². The molecule has 0 fully saturated rings. The van der Waals surface area contributed by atoms with Gasteiger partial charge in [0.05, 0.1) is 23.1 Å². The summed E-state index contributed by atoms with van der Waals surface area (Å²) in [5.74, 6) is -0.0172. The van der Waals surface area contributed by atoms with Crippen molar-refractivity contribution in [1.29, 1.82) is 0 Å². The lowest BCUT2D eigenvalue weighted by atomic mass is 10.1. The summed E-state index contributed by atoms with van der Waals surface area (Å²) in [4.78, 5) is 12.2. The van der Waals surface area contributed by atoms with Crippen LogP contribution in [0.25, 0.3) is 0 Å². The van der Waals surface area contributed by atoms with Crippen LogP contribution in [0.3, 0.4) is 0 Å². The number of hydrogen-bond donors (Lipinski definition) is 1. The number of likely N-dealkylation sites (N-methyl/N-ethyl adjacent to an activating group) is 1. The van der Waals surface area contributed by atoms with Gasteiger partial charge in [0, 0.05) is 12.7 Å². The van der Waals surface area contributed by atoms with E-state index in [1.165, 1.54) is 25.2 Å². The Bertz CT molecular complexity index is 898. The Morgan fingerprint density at radius 2 is 1.81 bits per heavy atom. The second kappa shape index (κ2) is 9.21. The van der Waals surface area contributed by atoms with Gasteiger partial charge in [0.25, 0.3) is 0 Å².